The molecule has 0 spiro atoms. The molecule has 0 bridgehead atoms. The number of hydrogen-bond acceptors (Lipinski definition) is 5. The van der Waals surface area contributed by atoms with Crippen molar-refractivity contribution in [1.29, 1.82) is 0 Å². The van der Waals surface area contributed by atoms with E-state index in [2.05, 4.69) is 30.6 Å². The van der Waals surface area contributed by atoms with Crippen molar-refractivity contribution in [2.24, 2.45) is 5.92 Å². The molecule has 0 aromatic heterocycles. The van der Waals surface area contributed by atoms with Gasteiger partial charge in [0.15, 0.2) is 0 Å². The fourth-order valence-electron chi connectivity index (χ4n) is 5.25. The number of likely N-dealkylation sites (tertiary alicyclic amines) is 1. The number of piperazine rings is 1. The summed E-state index contributed by atoms with van der Waals surface area (Å²) in [6.07, 6.45) is 0. The van der Waals surface area contributed by atoms with Crippen LogP contribution in [0.5, 0.6) is 0 Å². The van der Waals surface area contributed by atoms with Gasteiger partial charge in [-0.3, -0.25) is 9.69 Å². The minimum atomic E-state index is -0.621. The number of carbonyl (C=O) groups is 2. The molecule has 0 aliphatic carbocycles. The maximum absolute atomic E-state index is 14.8. The maximum atomic E-state index is 14.8. The first-order valence-electron chi connectivity index (χ1n) is 12.6. The average molecular weight is 500 g/mol. The molecule has 2 aliphatic heterocycles. The molecule has 6 nitrogen and oxygen atoms in total. The van der Waals surface area contributed by atoms with Crippen LogP contribution < -0.4 is 4.90 Å². The molecule has 1 unspecified atom stereocenters. The van der Waals surface area contributed by atoms with Gasteiger partial charge in [0, 0.05) is 56.8 Å². The third-order valence-electron chi connectivity index (χ3n) is 7.28. The molecular formula is C28H35F2N3O3. The summed E-state index contributed by atoms with van der Waals surface area (Å²) in [5.41, 5.74) is 1.53. The Morgan fingerprint density at radius 2 is 1.69 bits per heavy atom. The molecular weight excluding hydrogens is 464 g/mol. The Kier molecular flexibility index (Phi) is 7.64. The number of amides is 1. The second-order valence-corrected chi connectivity index (χ2v) is 10.5. The number of nitrogens with zero attached hydrogens (tertiary/aromatic N) is 3. The molecule has 2 heterocycles. The molecule has 2 aromatic carbocycles. The highest BCUT2D eigenvalue weighted by Gasteiger charge is 2.44. The zero-order valence-corrected chi connectivity index (χ0v) is 21.5. The minimum absolute atomic E-state index is 0.00574. The Balaban J connectivity index is 1.51. The summed E-state index contributed by atoms with van der Waals surface area (Å²) in [6.45, 7) is 11.5. The standard InChI is InChI=1S/C28H35F2N3O3/c1-5-36-27(35)21-8-6-7-9-25(21)31-12-14-32(15-13-31)26(34)23-18-33(28(2,3)4)17-22(23)20-11-10-19(29)16-24(20)30/h6-11,16,22-23H,5,12-15,17-18H2,1-4H3/t22-,23?/m0/s1. The van der Waals surface area contributed by atoms with Gasteiger partial charge in [-0.15, -0.1) is 0 Å². The molecule has 4 rings (SSSR count). The molecule has 2 fully saturated rings. The fraction of sp³-hybridized carbons (Fsp3) is 0.500. The Morgan fingerprint density at radius 3 is 2.33 bits per heavy atom. The quantitative estimate of drug-likeness (QED) is 0.574. The van der Waals surface area contributed by atoms with E-state index in [9.17, 15) is 18.4 Å². The summed E-state index contributed by atoms with van der Waals surface area (Å²) in [4.78, 5) is 32.3. The topological polar surface area (TPSA) is 53.1 Å². The first-order valence-corrected chi connectivity index (χ1v) is 12.6. The Labute approximate surface area is 211 Å². The van der Waals surface area contributed by atoms with Crippen LogP contribution in [0.4, 0.5) is 14.5 Å². The molecule has 2 aliphatic rings. The van der Waals surface area contributed by atoms with Gasteiger partial charge in [-0.2, -0.15) is 0 Å². The van der Waals surface area contributed by atoms with Crippen molar-refractivity contribution in [2.75, 3.05) is 50.8 Å². The first-order chi connectivity index (χ1) is 17.1. The van der Waals surface area contributed by atoms with Crippen molar-refractivity contribution in [2.45, 2.75) is 39.2 Å². The summed E-state index contributed by atoms with van der Waals surface area (Å²) in [6, 6.07) is 11.0. The van der Waals surface area contributed by atoms with Gasteiger partial charge < -0.3 is 14.5 Å². The monoisotopic (exact) mass is 499 g/mol. The van der Waals surface area contributed by atoms with E-state index in [-0.39, 0.29) is 23.3 Å². The lowest BCUT2D eigenvalue weighted by Crippen LogP contribution is -2.51. The first kappa shape index (κ1) is 26.1. The van der Waals surface area contributed by atoms with E-state index < -0.39 is 17.6 Å². The van der Waals surface area contributed by atoms with Gasteiger partial charge in [0.1, 0.15) is 11.6 Å². The van der Waals surface area contributed by atoms with Crippen molar-refractivity contribution >= 4 is 17.6 Å². The number of esters is 1. The highest BCUT2D eigenvalue weighted by atomic mass is 19.1. The van der Waals surface area contributed by atoms with Crippen molar-refractivity contribution < 1.29 is 23.1 Å². The zero-order valence-electron chi connectivity index (χ0n) is 21.5. The van der Waals surface area contributed by atoms with Crippen LogP contribution in [0.1, 0.15) is 49.5 Å². The molecule has 0 N–H and O–H groups in total. The van der Waals surface area contributed by atoms with E-state index in [4.69, 9.17) is 4.74 Å². The molecule has 36 heavy (non-hydrogen) atoms. The number of halogens is 2. The highest BCUT2D eigenvalue weighted by molar-refractivity contribution is 5.96. The summed E-state index contributed by atoms with van der Waals surface area (Å²) >= 11 is 0. The third kappa shape index (κ3) is 5.38. The lowest BCUT2D eigenvalue weighted by atomic mass is 9.87. The summed E-state index contributed by atoms with van der Waals surface area (Å²) in [5, 5.41) is 0. The molecule has 194 valence electrons. The van der Waals surface area contributed by atoms with E-state index in [1.165, 1.54) is 12.1 Å². The molecule has 1 amide bonds. The molecule has 2 atom stereocenters. The van der Waals surface area contributed by atoms with Crippen LogP contribution in [0.2, 0.25) is 0 Å². The van der Waals surface area contributed by atoms with Gasteiger partial charge >= 0.3 is 5.97 Å². The minimum Gasteiger partial charge on any atom is -0.462 e. The highest BCUT2D eigenvalue weighted by Crippen LogP contribution is 2.38. The van der Waals surface area contributed by atoms with Crippen LogP contribution in [0, 0.1) is 17.6 Å². The van der Waals surface area contributed by atoms with Crippen LogP contribution in [0.15, 0.2) is 42.5 Å². The smallest absolute Gasteiger partial charge is 0.340 e. The van der Waals surface area contributed by atoms with Gasteiger partial charge in [-0.1, -0.05) is 18.2 Å². The largest absolute Gasteiger partial charge is 0.462 e. The van der Waals surface area contributed by atoms with E-state index in [1.54, 1.807) is 13.0 Å². The Morgan fingerprint density at radius 1 is 1.00 bits per heavy atom. The van der Waals surface area contributed by atoms with E-state index in [1.807, 2.05) is 23.1 Å². The summed E-state index contributed by atoms with van der Waals surface area (Å²) in [5.74, 6) is -2.35. The lowest BCUT2D eigenvalue weighted by molar-refractivity contribution is -0.136. The fourth-order valence-corrected chi connectivity index (χ4v) is 5.25. The van der Waals surface area contributed by atoms with Crippen LogP contribution in [-0.2, 0) is 9.53 Å². The van der Waals surface area contributed by atoms with Crippen molar-refractivity contribution in [1.82, 2.24) is 9.80 Å². The summed E-state index contributed by atoms with van der Waals surface area (Å²) in [7, 11) is 0. The molecule has 0 radical (unpaired) electrons. The number of rotatable bonds is 5. The Hall–Kier alpha value is -3.00. The predicted molar refractivity (Wildman–Crippen MR) is 135 cm³/mol. The van der Waals surface area contributed by atoms with Gasteiger partial charge in [-0.25, -0.2) is 13.6 Å². The lowest BCUT2D eigenvalue weighted by Gasteiger charge is -2.38. The van der Waals surface area contributed by atoms with Crippen molar-refractivity contribution in [3.05, 3.63) is 65.2 Å². The Bertz CT molecular complexity index is 1110. The number of hydrogen-bond donors (Lipinski definition) is 0. The van der Waals surface area contributed by atoms with Crippen LogP contribution in [-0.4, -0.2) is 73.1 Å². The van der Waals surface area contributed by atoms with Gasteiger partial charge in [0.25, 0.3) is 0 Å². The van der Waals surface area contributed by atoms with E-state index in [0.29, 0.717) is 57.0 Å². The number of carbonyl (C=O) groups excluding carboxylic acids is 2. The average Bonchev–Trinajstić information content (AvgIpc) is 3.30. The predicted octanol–water partition coefficient (Wildman–Crippen LogP) is 4.30. The van der Waals surface area contributed by atoms with Crippen LogP contribution in [0.3, 0.4) is 0 Å². The molecule has 8 heteroatoms. The van der Waals surface area contributed by atoms with E-state index >= 15 is 0 Å². The van der Waals surface area contributed by atoms with Crippen molar-refractivity contribution in [3.63, 3.8) is 0 Å². The second kappa shape index (κ2) is 10.5. The summed E-state index contributed by atoms with van der Waals surface area (Å²) < 4.78 is 33.6. The normalized spacial score (nSPS) is 21.1. The molecule has 2 aromatic rings. The molecule has 0 saturated carbocycles. The number of ether oxygens (including phenoxy) is 1. The van der Waals surface area contributed by atoms with Gasteiger partial charge in [-0.05, 0) is 51.5 Å². The number of benzene rings is 2. The van der Waals surface area contributed by atoms with Crippen LogP contribution in [0.25, 0.3) is 0 Å². The number of para-hydroxylation sites is 1. The molecule has 2 saturated heterocycles. The zero-order chi connectivity index (χ0) is 26.0. The third-order valence-corrected chi connectivity index (χ3v) is 7.28. The van der Waals surface area contributed by atoms with Crippen molar-refractivity contribution in [3.8, 4) is 0 Å². The van der Waals surface area contributed by atoms with E-state index in [0.717, 1.165) is 11.8 Å². The SMILES string of the molecule is CCOC(=O)c1ccccc1N1CCN(C(=O)C2CN(C(C)(C)C)C[C@H]2c2ccc(F)cc2F)CC1. The maximum Gasteiger partial charge on any atom is 0.340 e. The van der Waals surface area contributed by atoms with Crippen LogP contribution >= 0.6 is 0 Å². The number of anilines is 1. The van der Waals surface area contributed by atoms with Gasteiger partial charge in [0.2, 0.25) is 5.91 Å². The van der Waals surface area contributed by atoms with Gasteiger partial charge in [0.05, 0.1) is 23.8 Å². The second-order valence-electron chi connectivity index (χ2n) is 10.5.